The Balaban J connectivity index is 1.70. The van der Waals surface area contributed by atoms with Gasteiger partial charge in [-0.3, -0.25) is 9.97 Å². The second-order valence-corrected chi connectivity index (χ2v) is 5.29. The number of para-hydroxylation sites is 2. The van der Waals surface area contributed by atoms with Crippen LogP contribution >= 0.6 is 0 Å². The van der Waals surface area contributed by atoms with E-state index in [1.54, 1.807) is 0 Å². The SMILES string of the molecule is C/C=C\C=C/c1cccc(CCc2cnc3ccccc3n2)n1. The number of hydrogen-bond donors (Lipinski definition) is 0. The fraction of sp³-hybridized carbons (Fsp3) is 0.150. The van der Waals surface area contributed by atoms with Crippen molar-refractivity contribution in [2.75, 3.05) is 0 Å². The van der Waals surface area contributed by atoms with E-state index in [4.69, 9.17) is 0 Å². The van der Waals surface area contributed by atoms with Crippen LogP contribution in [-0.4, -0.2) is 15.0 Å². The smallest absolute Gasteiger partial charge is 0.0890 e. The van der Waals surface area contributed by atoms with Crippen LogP contribution in [-0.2, 0) is 12.8 Å². The molecule has 114 valence electrons. The number of allylic oxidation sites excluding steroid dienone is 3. The van der Waals surface area contributed by atoms with Crippen LogP contribution in [0.2, 0.25) is 0 Å². The van der Waals surface area contributed by atoms with Gasteiger partial charge in [-0.15, -0.1) is 0 Å². The summed E-state index contributed by atoms with van der Waals surface area (Å²) >= 11 is 0. The molecule has 0 saturated carbocycles. The first-order valence-corrected chi connectivity index (χ1v) is 7.81. The summed E-state index contributed by atoms with van der Waals surface area (Å²) in [6.07, 6.45) is 11.6. The number of pyridine rings is 1. The van der Waals surface area contributed by atoms with E-state index < -0.39 is 0 Å². The van der Waals surface area contributed by atoms with Gasteiger partial charge in [0, 0.05) is 11.9 Å². The van der Waals surface area contributed by atoms with Crippen LogP contribution < -0.4 is 0 Å². The van der Waals surface area contributed by atoms with Crippen LogP contribution in [0.4, 0.5) is 0 Å². The zero-order chi connectivity index (χ0) is 15.9. The van der Waals surface area contributed by atoms with Gasteiger partial charge in [-0.05, 0) is 50.1 Å². The fourth-order valence-electron chi connectivity index (χ4n) is 2.37. The highest BCUT2D eigenvalue weighted by Crippen LogP contribution is 2.10. The first kappa shape index (κ1) is 15.1. The third-order valence-corrected chi connectivity index (χ3v) is 3.53. The number of fused-ring (bicyclic) bond motifs is 1. The van der Waals surface area contributed by atoms with Crippen LogP contribution in [0.1, 0.15) is 24.0 Å². The molecule has 1 aromatic carbocycles. The lowest BCUT2D eigenvalue weighted by atomic mass is 10.1. The molecule has 2 heterocycles. The average Bonchev–Trinajstić information content (AvgIpc) is 2.60. The summed E-state index contributed by atoms with van der Waals surface area (Å²) in [6, 6.07) is 14.1. The maximum absolute atomic E-state index is 4.66. The van der Waals surface area contributed by atoms with E-state index in [0.717, 1.165) is 41.0 Å². The number of aromatic nitrogens is 3. The van der Waals surface area contributed by atoms with Gasteiger partial charge in [0.2, 0.25) is 0 Å². The molecule has 0 spiro atoms. The highest BCUT2D eigenvalue weighted by Gasteiger charge is 2.02. The third-order valence-electron chi connectivity index (χ3n) is 3.53. The fourth-order valence-corrected chi connectivity index (χ4v) is 2.37. The van der Waals surface area contributed by atoms with Crippen molar-refractivity contribution in [1.29, 1.82) is 0 Å². The van der Waals surface area contributed by atoms with E-state index in [2.05, 4.69) is 21.0 Å². The molecular formula is C20H19N3. The van der Waals surface area contributed by atoms with Gasteiger partial charge in [0.15, 0.2) is 0 Å². The largest absolute Gasteiger partial charge is 0.253 e. The molecule has 0 unspecified atom stereocenters. The predicted molar refractivity (Wildman–Crippen MR) is 95.0 cm³/mol. The van der Waals surface area contributed by atoms with Crippen LogP contribution in [0, 0.1) is 0 Å². The van der Waals surface area contributed by atoms with E-state index in [9.17, 15) is 0 Å². The Kier molecular flexibility index (Phi) is 4.89. The Morgan fingerprint density at radius 1 is 0.826 bits per heavy atom. The summed E-state index contributed by atoms with van der Waals surface area (Å²) in [5.41, 5.74) is 4.93. The van der Waals surface area contributed by atoms with Crippen LogP contribution in [0.3, 0.4) is 0 Å². The van der Waals surface area contributed by atoms with Crippen molar-refractivity contribution >= 4 is 17.1 Å². The Morgan fingerprint density at radius 3 is 2.52 bits per heavy atom. The van der Waals surface area contributed by atoms with Crippen molar-refractivity contribution < 1.29 is 0 Å². The number of rotatable bonds is 5. The highest BCUT2D eigenvalue weighted by atomic mass is 14.8. The standard InChI is InChI=1S/C20H19N3/c1-2-3-4-8-16-9-7-10-17(22-16)13-14-18-15-21-19-11-5-6-12-20(19)23-18/h2-12,15H,13-14H2,1H3/b3-2-,8-4-. The molecule has 2 aromatic heterocycles. The van der Waals surface area contributed by atoms with Crippen molar-refractivity contribution in [1.82, 2.24) is 15.0 Å². The molecule has 23 heavy (non-hydrogen) atoms. The summed E-state index contributed by atoms with van der Waals surface area (Å²) in [6.45, 7) is 2.00. The van der Waals surface area contributed by atoms with Crippen molar-refractivity contribution in [3.05, 3.63) is 84.0 Å². The molecule has 3 heteroatoms. The van der Waals surface area contributed by atoms with E-state index in [1.807, 2.05) is 73.8 Å². The highest BCUT2D eigenvalue weighted by molar-refractivity contribution is 5.73. The maximum Gasteiger partial charge on any atom is 0.0890 e. The van der Waals surface area contributed by atoms with E-state index in [1.165, 1.54) is 0 Å². The van der Waals surface area contributed by atoms with Gasteiger partial charge in [-0.1, -0.05) is 36.4 Å². The Morgan fingerprint density at radius 2 is 1.65 bits per heavy atom. The Labute approximate surface area is 136 Å². The summed E-state index contributed by atoms with van der Waals surface area (Å²) in [4.78, 5) is 13.8. The lowest BCUT2D eigenvalue weighted by Gasteiger charge is -2.03. The van der Waals surface area contributed by atoms with Gasteiger partial charge in [0.1, 0.15) is 0 Å². The molecule has 0 bridgehead atoms. The molecule has 0 aliphatic heterocycles. The topological polar surface area (TPSA) is 38.7 Å². The minimum absolute atomic E-state index is 0.840. The van der Waals surface area contributed by atoms with Crippen LogP contribution in [0.15, 0.2) is 66.9 Å². The van der Waals surface area contributed by atoms with Gasteiger partial charge in [-0.2, -0.15) is 0 Å². The zero-order valence-electron chi connectivity index (χ0n) is 13.2. The molecule has 0 saturated heterocycles. The number of nitrogens with zero attached hydrogens (tertiary/aromatic N) is 3. The average molecular weight is 301 g/mol. The summed E-state index contributed by atoms with van der Waals surface area (Å²) in [5, 5.41) is 0. The molecule has 0 fully saturated rings. The van der Waals surface area contributed by atoms with E-state index in [0.29, 0.717) is 0 Å². The van der Waals surface area contributed by atoms with Crippen molar-refractivity contribution in [3.63, 3.8) is 0 Å². The summed E-state index contributed by atoms with van der Waals surface area (Å²) in [7, 11) is 0. The zero-order valence-corrected chi connectivity index (χ0v) is 13.2. The molecule has 0 atom stereocenters. The normalized spacial score (nSPS) is 11.7. The van der Waals surface area contributed by atoms with Crippen molar-refractivity contribution in [3.8, 4) is 0 Å². The van der Waals surface area contributed by atoms with E-state index in [-0.39, 0.29) is 0 Å². The lowest BCUT2D eigenvalue weighted by Crippen LogP contribution is -1.99. The molecule has 0 radical (unpaired) electrons. The number of aryl methyl sites for hydroxylation is 2. The Bertz CT molecular complexity index is 850. The van der Waals surface area contributed by atoms with Gasteiger partial charge < -0.3 is 0 Å². The Hall–Kier alpha value is -2.81. The maximum atomic E-state index is 4.66. The molecule has 0 aliphatic carbocycles. The van der Waals surface area contributed by atoms with E-state index >= 15 is 0 Å². The second-order valence-electron chi connectivity index (χ2n) is 5.29. The first-order chi connectivity index (χ1) is 11.3. The lowest BCUT2D eigenvalue weighted by molar-refractivity contribution is 0.877. The quantitative estimate of drug-likeness (QED) is 0.656. The summed E-state index contributed by atoms with van der Waals surface area (Å²) in [5.74, 6) is 0. The first-order valence-electron chi connectivity index (χ1n) is 7.81. The molecule has 3 nitrogen and oxygen atoms in total. The molecule has 0 amide bonds. The van der Waals surface area contributed by atoms with Gasteiger partial charge in [-0.25, -0.2) is 4.98 Å². The van der Waals surface area contributed by atoms with Gasteiger partial charge in [0.05, 0.1) is 22.4 Å². The summed E-state index contributed by atoms with van der Waals surface area (Å²) < 4.78 is 0. The minimum Gasteiger partial charge on any atom is -0.253 e. The molecule has 0 N–H and O–H groups in total. The number of benzene rings is 1. The molecular weight excluding hydrogens is 282 g/mol. The monoisotopic (exact) mass is 301 g/mol. The molecule has 0 aliphatic rings. The molecule has 3 rings (SSSR count). The minimum atomic E-state index is 0.840. The van der Waals surface area contributed by atoms with Gasteiger partial charge >= 0.3 is 0 Å². The third kappa shape index (κ3) is 4.10. The second kappa shape index (κ2) is 7.45. The molecule has 3 aromatic rings. The number of hydrogen-bond acceptors (Lipinski definition) is 3. The van der Waals surface area contributed by atoms with Crippen LogP contribution in [0.5, 0.6) is 0 Å². The van der Waals surface area contributed by atoms with Crippen molar-refractivity contribution in [2.45, 2.75) is 19.8 Å². The van der Waals surface area contributed by atoms with Crippen molar-refractivity contribution in [2.24, 2.45) is 0 Å². The van der Waals surface area contributed by atoms with Gasteiger partial charge in [0.25, 0.3) is 0 Å². The predicted octanol–water partition coefficient (Wildman–Crippen LogP) is 4.40. The van der Waals surface area contributed by atoms with Crippen LogP contribution in [0.25, 0.3) is 17.1 Å².